The summed E-state index contributed by atoms with van der Waals surface area (Å²) in [5.74, 6) is -0.452. The van der Waals surface area contributed by atoms with Crippen LogP contribution in [0.5, 0.6) is 0 Å². The Bertz CT molecular complexity index is 1340. The molecule has 0 spiro atoms. The standard InChI is InChI=1S/C24H21ClFN5OS/c1-14-13-33-21-6-8-28-23(22(14)21)31(17-3-2-7-27-12-17)24(32)18-5-4-15(9-19(18)26)20-10-16(25)11-29-30-20/h4-6,8-11,13,17,27H,2-3,7,12H2,1H3/t17-/m1/s1. The number of rotatable bonds is 4. The van der Waals surface area contributed by atoms with E-state index in [0.29, 0.717) is 28.6 Å². The topological polar surface area (TPSA) is 71.0 Å². The van der Waals surface area contributed by atoms with Gasteiger partial charge in [-0.15, -0.1) is 11.3 Å². The molecular weight excluding hydrogens is 461 g/mol. The smallest absolute Gasteiger partial charge is 0.262 e. The molecule has 33 heavy (non-hydrogen) atoms. The van der Waals surface area contributed by atoms with E-state index < -0.39 is 11.7 Å². The number of aromatic nitrogens is 3. The van der Waals surface area contributed by atoms with Crippen LogP contribution < -0.4 is 10.2 Å². The Labute approximate surface area is 199 Å². The highest BCUT2D eigenvalue weighted by atomic mass is 35.5. The van der Waals surface area contributed by atoms with Gasteiger partial charge < -0.3 is 5.32 Å². The van der Waals surface area contributed by atoms with Gasteiger partial charge in [-0.1, -0.05) is 17.7 Å². The lowest BCUT2D eigenvalue weighted by Gasteiger charge is -2.34. The molecule has 0 aliphatic carbocycles. The third kappa shape index (κ3) is 4.21. The lowest BCUT2D eigenvalue weighted by Crippen LogP contribution is -2.49. The summed E-state index contributed by atoms with van der Waals surface area (Å²) in [6.45, 7) is 3.54. The third-order valence-electron chi connectivity index (χ3n) is 5.85. The van der Waals surface area contributed by atoms with Crippen LogP contribution in [-0.2, 0) is 0 Å². The van der Waals surface area contributed by atoms with Crippen molar-refractivity contribution in [3.05, 3.63) is 70.1 Å². The van der Waals surface area contributed by atoms with Crippen LogP contribution in [0.1, 0.15) is 28.8 Å². The number of halogens is 2. The summed E-state index contributed by atoms with van der Waals surface area (Å²) in [5.41, 5.74) is 1.98. The molecule has 4 heterocycles. The minimum absolute atomic E-state index is 0.00834. The summed E-state index contributed by atoms with van der Waals surface area (Å²) in [6.07, 6.45) is 4.87. The van der Waals surface area contributed by atoms with E-state index in [1.807, 2.05) is 13.0 Å². The maximum Gasteiger partial charge on any atom is 0.262 e. The quantitative estimate of drug-likeness (QED) is 0.431. The second-order valence-corrected chi connectivity index (χ2v) is 9.40. The number of nitrogens with zero attached hydrogens (tertiary/aromatic N) is 4. The number of carbonyl (C=O) groups is 1. The van der Waals surface area contributed by atoms with Crippen molar-refractivity contribution < 1.29 is 9.18 Å². The van der Waals surface area contributed by atoms with Gasteiger partial charge in [-0.2, -0.15) is 10.2 Å². The molecule has 9 heteroatoms. The van der Waals surface area contributed by atoms with Crippen LogP contribution in [0.3, 0.4) is 0 Å². The second-order valence-electron chi connectivity index (χ2n) is 8.06. The second kappa shape index (κ2) is 9.13. The van der Waals surface area contributed by atoms with Crippen molar-refractivity contribution in [2.75, 3.05) is 18.0 Å². The Balaban J connectivity index is 1.58. The van der Waals surface area contributed by atoms with E-state index in [-0.39, 0.29) is 11.6 Å². The number of benzene rings is 1. The summed E-state index contributed by atoms with van der Waals surface area (Å²) >= 11 is 7.61. The van der Waals surface area contributed by atoms with Crippen molar-refractivity contribution in [1.29, 1.82) is 0 Å². The van der Waals surface area contributed by atoms with E-state index in [9.17, 15) is 4.79 Å². The Morgan fingerprint density at radius 1 is 1.30 bits per heavy atom. The molecule has 0 bridgehead atoms. The summed E-state index contributed by atoms with van der Waals surface area (Å²) in [7, 11) is 0. The first-order valence-electron chi connectivity index (χ1n) is 10.7. The molecule has 1 fully saturated rings. The molecule has 1 N–H and O–H groups in total. The number of thiophene rings is 1. The zero-order chi connectivity index (χ0) is 22.9. The molecule has 1 atom stereocenters. The molecular formula is C24H21ClFN5OS. The molecule has 4 aromatic rings. The highest BCUT2D eigenvalue weighted by molar-refractivity contribution is 7.17. The van der Waals surface area contributed by atoms with Crippen molar-refractivity contribution in [2.24, 2.45) is 0 Å². The van der Waals surface area contributed by atoms with Gasteiger partial charge in [-0.25, -0.2) is 9.37 Å². The summed E-state index contributed by atoms with van der Waals surface area (Å²) in [6, 6.07) is 7.89. The van der Waals surface area contributed by atoms with Crippen LogP contribution in [0, 0.1) is 12.7 Å². The molecule has 5 rings (SSSR count). The highest BCUT2D eigenvalue weighted by Crippen LogP contribution is 2.35. The predicted octanol–water partition coefficient (Wildman–Crippen LogP) is 5.25. The van der Waals surface area contributed by atoms with E-state index in [1.165, 1.54) is 18.3 Å². The van der Waals surface area contributed by atoms with Crippen LogP contribution in [0.2, 0.25) is 5.02 Å². The number of amides is 1. The average Bonchev–Trinajstić information content (AvgIpc) is 3.21. The van der Waals surface area contributed by atoms with Gasteiger partial charge in [0.1, 0.15) is 11.6 Å². The van der Waals surface area contributed by atoms with Crippen molar-refractivity contribution in [3.63, 3.8) is 0 Å². The Hall–Kier alpha value is -2.94. The maximum absolute atomic E-state index is 15.3. The molecule has 1 aromatic carbocycles. The predicted molar refractivity (Wildman–Crippen MR) is 129 cm³/mol. The zero-order valence-electron chi connectivity index (χ0n) is 17.9. The number of anilines is 1. The van der Waals surface area contributed by atoms with Crippen molar-refractivity contribution in [2.45, 2.75) is 25.8 Å². The van der Waals surface area contributed by atoms with Gasteiger partial charge in [0.05, 0.1) is 28.5 Å². The van der Waals surface area contributed by atoms with Gasteiger partial charge in [-0.05, 0) is 61.5 Å². The Morgan fingerprint density at radius 3 is 2.94 bits per heavy atom. The van der Waals surface area contributed by atoms with Crippen LogP contribution in [0.15, 0.2) is 48.1 Å². The largest absolute Gasteiger partial charge is 0.315 e. The fourth-order valence-electron chi connectivity index (χ4n) is 4.25. The lowest BCUT2D eigenvalue weighted by atomic mass is 10.0. The number of pyridine rings is 1. The summed E-state index contributed by atoms with van der Waals surface area (Å²) < 4.78 is 16.4. The van der Waals surface area contributed by atoms with Gasteiger partial charge in [0, 0.05) is 28.4 Å². The fourth-order valence-corrected chi connectivity index (χ4v) is 5.32. The SMILES string of the molecule is Cc1csc2ccnc(N(C(=O)c3ccc(-c4cc(Cl)cnn4)cc3F)[C@@H]3CCCNC3)c12. The molecule has 3 aromatic heterocycles. The normalized spacial score (nSPS) is 16.2. The molecule has 0 unspecified atom stereocenters. The Kier molecular flexibility index (Phi) is 6.05. The third-order valence-corrected chi connectivity index (χ3v) is 7.12. The first-order chi connectivity index (χ1) is 16.0. The van der Waals surface area contributed by atoms with Crippen LogP contribution >= 0.6 is 22.9 Å². The van der Waals surface area contributed by atoms with E-state index in [0.717, 1.165) is 35.0 Å². The summed E-state index contributed by atoms with van der Waals surface area (Å²) in [5, 5.41) is 14.6. The molecule has 1 amide bonds. The first kappa shape index (κ1) is 21.9. The maximum atomic E-state index is 15.3. The number of nitrogens with one attached hydrogen (secondary N) is 1. The van der Waals surface area contributed by atoms with E-state index >= 15 is 4.39 Å². The van der Waals surface area contributed by atoms with Gasteiger partial charge in [0.15, 0.2) is 0 Å². The molecule has 0 radical (unpaired) electrons. The van der Waals surface area contributed by atoms with Gasteiger partial charge >= 0.3 is 0 Å². The van der Waals surface area contributed by atoms with Gasteiger partial charge in [0.2, 0.25) is 0 Å². The number of piperidine rings is 1. The fraction of sp³-hybridized carbons (Fsp3) is 0.250. The highest BCUT2D eigenvalue weighted by Gasteiger charge is 2.32. The van der Waals surface area contributed by atoms with Gasteiger partial charge in [-0.3, -0.25) is 9.69 Å². The number of aryl methyl sites for hydroxylation is 1. The monoisotopic (exact) mass is 481 g/mol. The molecule has 6 nitrogen and oxygen atoms in total. The molecule has 1 aliphatic rings. The van der Waals surface area contributed by atoms with Crippen molar-refractivity contribution in [3.8, 4) is 11.3 Å². The molecule has 168 valence electrons. The number of hydrogen-bond acceptors (Lipinski definition) is 6. The minimum Gasteiger partial charge on any atom is -0.315 e. The van der Waals surface area contributed by atoms with E-state index in [2.05, 4.69) is 25.9 Å². The molecule has 1 aliphatic heterocycles. The van der Waals surface area contributed by atoms with Crippen LogP contribution in [0.25, 0.3) is 21.3 Å². The molecule has 1 saturated heterocycles. The number of hydrogen-bond donors (Lipinski definition) is 1. The zero-order valence-corrected chi connectivity index (χ0v) is 19.5. The van der Waals surface area contributed by atoms with E-state index in [1.54, 1.807) is 34.6 Å². The summed E-state index contributed by atoms with van der Waals surface area (Å²) in [4.78, 5) is 20.1. The van der Waals surface area contributed by atoms with Crippen molar-refractivity contribution in [1.82, 2.24) is 20.5 Å². The van der Waals surface area contributed by atoms with Crippen LogP contribution in [-0.4, -0.2) is 40.2 Å². The Morgan fingerprint density at radius 2 is 2.18 bits per heavy atom. The number of fused-ring (bicyclic) bond motifs is 1. The van der Waals surface area contributed by atoms with Crippen molar-refractivity contribution >= 4 is 44.7 Å². The minimum atomic E-state index is -0.623. The first-order valence-corrected chi connectivity index (χ1v) is 11.9. The average molecular weight is 482 g/mol. The van der Waals surface area contributed by atoms with Crippen LogP contribution in [0.4, 0.5) is 10.2 Å². The lowest BCUT2D eigenvalue weighted by molar-refractivity contribution is 0.0968. The molecule has 0 saturated carbocycles. The van der Waals surface area contributed by atoms with E-state index in [4.69, 9.17) is 11.6 Å². The van der Waals surface area contributed by atoms with Gasteiger partial charge in [0.25, 0.3) is 5.91 Å². The number of carbonyl (C=O) groups excluding carboxylic acids is 1.